The normalized spacial score (nSPS) is 20.3. The molecule has 1 aromatic rings. The lowest BCUT2D eigenvalue weighted by atomic mass is 9.90. The molecule has 3 rings (SSSR count). The molecule has 0 aromatic heterocycles. The number of aromatic hydroxyl groups is 1. The van der Waals surface area contributed by atoms with Gasteiger partial charge in [-0.3, -0.25) is 4.79 Å². The van der Waals surface area contributed by atoms with Crippen LogP contribution in [-0.4, -0.2) is 35.9 Å². The average molecular weight is 436 g/mol. The molecule has 7 heteroatoms. The van der Waals surface area contributed by atoms with Crippen molar-refractivity contribution in [3.63, 3.8) is 0 Å². The number of nitrogens with one attached hydrogen (secondary N) is 1. The summed E-state index contributed by atoms with van der Waals surface area (Å²) in [6.45, 7) is 9.29. The van der Waals surface area contributed by atoms with Gasteiger partial charge in [0.05, 0.1) is 13.0 Å². The maximum absolute atomic E-state index is 13.3. The highest BCUT2D eigenvalue weighted by Gasteiger charge is 2.38. The van der Waals surface area contributed by atoms with Crippen LogP contribution in [-0.2, 0) is 20.7 Å². The number of phenols is 1. The van der Waals surface area contributed by atoms with Crippen LogP contribution in [0.4, 0.5) is 9.18 Å². The van der Waals surface area contributed by atoms with E-state index < -0.39 is 17.5 Å². The van der Waals surface area contributed by atoms with Gasteiger partial charge in [0.25, 0.3) is 0 Å². The van der Waals surface area contributed by atoms with E-state index >= 15 is 0 Å². The quantitative estimate of drug-likeness (QED) is 0.514. The summed E-state index contributed by atoms with van der Waals surface area (Å²) in [4.78, 5) is 23.1. The Morgan fingerprint density at radius 2 is 1.94 bits per heavy atom. The second-order valence-electron chi connectivity index (χ2n) is 9.12. The number of ether oxygens (including phenoxy) is 2. The number of carbonyl (C=O) groups is 2. The molecule has 1 fully saturated rings. The first-order chi connectivity index (χ1) is 14.6. The number of benzene rings is 1. The number of fused-ring (bicyclic) bond motifs is 1. The number of phenolic OH excluding ortho intramolecular Hbond substituents is 1. The van der Waals surface area contributed by atoms with Gasteiger partial charge in [-0.25, -0.2) is 9.18 Å². The molecule has 1 amide bonds. The summed E-state index contributed by atoms with van der Waals surface area (Å²) in [6.07, 6.45) is 7.34. The number of halogens is 1. The SMILES string of the molecule is C=CCC1Cc2cc(F)c(O)cc2C1C(=O)OC.CC(C)(C)OC(=O)NC1CCCC1. The Morgan fingerprint density at radius 1 is 1.29 bits per heavy atom. The van der Waals surface area contributed by atoms with E-state index in [0.717, 1.165) is 18.4 Å². The molecule has 2 atom stereocenters. The number of allylic oxidation sites excluding steroid dienone is 1. The van der Waals surface area contributed by atoms with Crippen molar-refractivity contribution in [3.05, 3.63) is 41.7 Å². The minimum absolute atomic E-state index is 0.0196. The molecule has 6 nitrogen and oxygen atoms in total. The van der Waals surface area contributed by atoms with Gasteiger partial charge < -0.3 is 19.9 Å². The first-order valence-corrected chi connectivity index (χ1v) is 10.7. The first-order valence-electron chi connectivity index (χ1n) is 10.7. The lowest BCUT2D eigenvalue weighted by Gasteiger charge is -2.21. The van der Waals surface area contributed by atoms with Gasteiger partial charge in [0, 0.05) is 6.04 Å². The van der Waals surface area contributed by atoms with Crippen LogP contribution in [0.25, 0.3) is 0 Å². The van der Waals surface area contributed by atoms with Gasteiger partial charge in [-0.1, -0.05) is 18.9 Å². The summed E-state index contributed by atoms with van der Waals surface area (Å²) in [5.74, 6) is -1.87. The predicted molar refractivity (Wildman–Crippen MR) is 116 cm³/mol. The number of alkyl carbamates (subject to hydrolysis) is 1. The number of rotatable bonds is 4. The van der Waals surface area contributed by atoms with Crippen LogP contribution in [0.5, 0.6) is 5.75 Å². The average Bonchev–Trinajstić information content (AvgIpc) is 3.28. The molecule has 0 radical (unpaired) electrons. The molecule has 1 saturated carbocycles. The topological polar surface area (TPSA) is 84.9 Å². The van der Waals surface area contributed by atoms with E-state index in [0.29, 0.717) is 24.4 Å². The van der Waals surface area contributed by atoms with Crippen LogP contribution in [0, 0.1) is 11.7 Å². The Bertz CT molecular complexity index is 796. The van der Waals surface area contributed by atoms with E-state index in [2.05, 4.69) is 11.9 Å². The molecule has 2 N–H and O–H groups in total. The molecule has 2 aliphatic carbocycles. The number of hydrogen-bond donors (Lipinski definition) is 2. The van der Waals surface area contributed by atoms with Gasteiger partial charge in [-0.05, 0) is 75.6 Å². The second kappa shape index (κ2) is 10.6. The molecule has 0 heterocycles. The van der Waals surface area contributed by atoms with Crippen molar-refractivity contribution in [1.29, 1.82) is 0 Å². The summed E-state index contributed by atoms with van der Waals surface area (Å²) < 4.78 is 23.2. The summed E-state index contributed by atoms with van der Waals surface area (Å²) in [7, 11) is 1.33. The number of hydrogen-bond acceptors (Lipinski definition) is 5. The summed E-state index contributed by atoms with van der Waals surface area (Å²) in [5.41, 5.74) is 1.03. The smallest absolute Gasteiger partial charge is 0.407 e. The second-order valence-corrected chi connectivity index (χ2v) is 9.12. The molecule has 0 aliphatic heterocycles. The highest BCUT2D eigenvalue weighted by Crippen LogP contribution is 2.42. The van der Waals surface area contributed by atoms with E-state index in [1.165, 1.54) is 32.1 Å². The molecule has 31 heavy (non-hydrogen) atoms. The zero-order valence-corrected chi connectivity index (χ0v) is 18.9. The van der Waals surface area contributed by atoms with Crippen LogP contribution < -0.4 is 5.32 Å². The standard InChI is InChI=1S/C14H15FO3.C10H19NO2/c1-3-4-8-5-9-6-11(15)12(16)7-10(9)13(8)14(17)18-2;1-10(2,3)13-9(12)11-8-6-4-5-7-8/h3,6-8,13,16H,1,4-5H2,2H3;8H,4-7H2,1-3H3,(H,11,12). The molecule has 2 aliphatic rings. The maximum atomic E-state index is 13.3. The molecule has 172 valence electrons. The van der Waals surface area contributed by atoms with Crippen LogP contribution in [0.3, 0.4) is 0 Å². The van der Waals surface area contributed by atoms with Crippen molar-refractivity contribution in [3.8, 4) is 5.75 Å². The van der Waals surface area contributed by atoms with Crippen molar-refractivity contribution >= 4 is 12.1 Å². The van der Waals surface area contributed by atoms with E-state index in [-0.39, 0.29) is 23.6 Å². The van der Waals surface area contributed by atoms with E-state index in [4.69, 9.17) is 9.47 Å². The minimum atomic E-state index is -0.656. The Balaban J connectivity index is 0.000000233. The molecule has 0 spiro atoms. The van der Waals surface area contributed by atoms with Crippen molar-refractivity contribution in [1.82, 2.24) is 5.32 Å². The van der Waals surface area contributed by atoms with Gasteiger partial charge in [0.15, 0.2) is 11.6 Å². The molecular formula is C24H34FNO5. The third-order valence-corrected chi connectivity index (χ3v) is 5.50. The lowest BCUT2D eigenvalue weighted by molar-refractivity contribution is -0.143. The van der Waals surface area contributed by atoms with E-state index in [1.807, 2.05) is 20.8 Å². The van der Waals surface area contributed by atoms with Crippen molar-refractivity contribution in [2.75, 3.05) is 7.11 Å². The Hall–Kier alpha value is -2.57. The molecule has 1 aromatic carbocycles. The van der Waals surface area contributed by atoms with Gasteiger partial charge in [0.1, 0.15) is 5.60 Å². The van der Waals surface area contributed by atoms with Gasteiger partial charge in [-0.2, -0.15) is 0 Å². The van der Waals surface area contributed by atoms with Crippen LogP contribution >= 0.6 is 0 Å². The molecule has 2 unspecified atom stereocenters. The maximum Gasteiger partial charge on any atom is 0.407 e. The van der Waals surface area contributed by atoms with Gasteiger partial charge in [0.2, 0.25) is 0 Å². The number of carbonyl (C=O) groups excluding carboxylic acids is 2. The predicted octanol–water partition coefficient (Wildman–Crippen LogP) is 4.99. The fraction of sp³-hybridized carbons (Fsp3) is 0.583. The van der Waals surface area contributed by atoms with E-state index in [9.17, 15) is 19.1 Å². The van der Waals surface area contributed by atoms with Crippen LogP contribution in [0.1, 0.15) is 69.9 Å². The fourth-order valence-electron chi connectivity index (χ4n) is 4.16. The lowest BCUT2D eigenvalue weighted by Crippen LogP contribution is -2.37. The molecule has 0 saturated heterocycles. The van der Waals surface area contributed by atoms with Crippen LogP contribution in [0.2, 0.25) is 0 Å². The number of methoxy groups -OCH3 is 1. The van der Waals surface area contributed by atoms with E-state index in [1.54, 1.807) is 6.08 Å². The summed E-state index contributed by atoms with van der Waals surface area (Å²) in [6, 6.07) is 2.97. The number of amides is 1. The van der Waals surface area contributed by atoms with Crippen molar-refractivity contribution in [2.45, 2.75) is 76.9 Å². The molecular weight excluding hydrogens is 401 g/mol. The number of esters is 1. The zero-order chi connectivity index (χ0) is 23.2. The summed E-state index contributed by atoms with van der Waals surface area (Å²) >= 11 is 0. The van der Waals surface area contributed by atoms with Gasteiger partial charge in [-0.15, -0.1) is 6.58 Å². The van der Waals surface area contributed by atoms with Gasteiger partial charge >= 0.3 is 12.1 Å². The fourth-order valence-corrected chi connectivity index (χ4v) is 4.16. The highest BCUT2D eigenvalue weighted by molar-refractivity contribution is 5.80. The largest absolute Gasteiger partial charge is 0.505 e. The summed E-state index contributed by atoms with van der Waals surface area (Å²) in [5, 5.41) is 12.3. The Morgan fingerprint density at radius 3 is 2.48 bits per heavy atom. The van der Waals surface area contributed by atoms with Crippen molar-refractivity contribution < 1.29 is 28.6 Å². The zero-order valence-electron chi connectivity index (χ0n) is 18.9. The van der Waals surface area contributed by atoms with Crippen LogP contribution in [0.15, 0.2) is 24.8 Å². The third-order valence-electron chi connectivity index (χ3n) is 5.50. The first kappa shape index (κ1) is 24.7. The van der Waals surface area contributed by atoms with Crippen molar-refractivity contribution in [2.24, 2.45) is 5.92 Å². The third kappa shape index (κ3) is 6.97. The monoisotopic (exact) mass is 435 g/mol. The Kier molecular flexibility index (Phi) is 8.48. The minimum Gasteiger partial charge on any atom is -0.505 e. The Labute approximate surface area is 183 Å². The molecule has 0 bridgehead atoms. The highest BCUT2D eigenvalue weighted by atomic mass is 19.1.